The lowest BCUT2D eigenvalue weighted by Crippen LogP contribution is -2.37. The minimum Gasteiger partial charge on any atom is -0.378 e. The summed E-state index contributed by atoms with van der Waals surface area (Å²) >= 11 is 1.67. The highest BCUT2D eigenvalue weighted by Gasteiger charge is 2.19. The molecule has 0 saturated carbocycles. The Kier molecular flexibility index (Phi) is 3.55. The number of aromatic nitrogens is 4. The fourth-order valence-corrected chi connectivity index (χ4v) is 3.50. The van der Waals surface area contributed by atoms with Crippen molar-refractivity contribution in [1.29, 1.82) is 0 Å². The van der Waals surface area contributed by atoms with Crippen LogP contribution in [0.3, 0.4) is 0 Å². The number of anilines is 2. The number of aryl methyl sites for hydroxylation is 1. The lowest BCUT2D eigenvalue weighted by molar-refractivity contribution is 0.122. The molecule has 7 nitrogen and oxygen atoms in total. The summed E-state index contributed by atoms with van der Waals surface area (Å²) in [5.41, 5.74) is 6.33. The van der Waals surface area contributed by atoms with E-state index in [0.29, 0.717) is 5.82 Å². The molecule has 3 aromatic rings. The summed E-state index contributed by atoms with van der Waals surface area (Å²) in [6.07, 6.45) is 3.32. The Morgan fingerprint density at radius 1 is 1.17 bits per heavy atom. The van der Waals surface area contributed by atoms with Gasteiger partial charge < -0.3 is 15.4 Å². The molecule has 0 unspecified atom stereocenters. The van der Waals surface area contributed by atoms with Crippen LogP contribution in [-0.4, -0.2) is 46.2 Å². The van der Waals surface area contributed by atoms with E-state index >= 15 is 0 Å². The molecule has 0 radical (unpaired) electrons. The molecule has 1 aliphatic rings. The summed E-state index contributed by atoms with van der Waals surface area (Å²) in [5, 5.41) is 1.09. The summed E-state index contributed by atoms with van der Waals surface area (Å²) in [6.45, 7) is 5.18. The second kappa shape index (κ2) is 5.71. The maximum Gasteiger partial charge on any atom is 0.219 e. The summed E-state index contributed by atoms with van der Waals surface area (Å²) in [7, 11) is 0. The second-order valence-electron chi connectivity index (χ2n) is 5.38. The Hall–Kier alpha value is -2.32. The molecule has 1 fully saturated rings. The highest BCUT2D eigenvalue weighted by atomic mass is 32.1. The Morgan fingerprint density at radius 3 is 2.65 bits per heavy atom. The summed E-state index contributed by atoms with van der Waals surface area (Å²) in [6, 6.07) is 2.15. The summed E-state index contributed by atoms with van der Waals surface area (Å²) in [5.74, 6) is 1.82. The first kappa shape index (κ1) is 14.3. The van der Waals surface area contributed by atoms with Gasteiger partial charge in [-0.1, -0.05) is 0 Å². The smallest absolute Gasteiger partial charge is 0.219 e. The molecule has 0 bridgehead atoms. The molecule has 3 aromatic heterocycles. The third-order valence-electron chi connectivity index (χ3n) is 3.74. The maximum absolute atomic E-state index is 5.56. The number of fused-ring (bicyclic) bond motifs is 1. The van der Waals surface area contributed by atoms with Gasteiger partial charge in [0.1, 0.15) is 10.6 Å². The van der Waals surface area contributed by atoms with E-state index in [4.69, 9.17) is 15.5 Å². The fraction of sp³-hybridized carbons (Fsp3) is 0.333. The largest absolute Gasteiger partial charge is 0.378 e. The Bertz CT molecular complexity index is 841. The van der Waals surface area contributed by atoms with Crippen LogP contribution in [0.2, 0.25) is 0 Å². The van der Waals surface area contributed by atoms with Crippen molar-refractivity contribution in [3.8, 4) is 11.4 Å². The minimum atomic E-state index is 0.246. The van der Waals surface area contributed by atoms with Gasteiger partial charge in [0, 0.05) is 30.4 Å². The van der Waals surface area contributed by atoms with Crippen LogP contribution in [0.5, 0.6) is 0 Å². The number of nitrogens with zero attached hydrogens (tertiary/aromatic N) is 5. The molecule has 4 heterocycles. The first-order chi connectivity index (χ1) is 11.2. The average molecular weight is 328 g/mol. The van der Waals surface area contributed by atoms with Gasteiger partial charge in [0.2, 0.25) is 5.95 Å². The highest BCUT2D eigenvalue weighted by Crippen LogP contribution is 2.33. The monoisotopic (exact) mass is 328 g/mol. The topological polar surface area (TPSA) is 90.0 Å². The highest BCUT2D eigenvalue weighted by molar-refractivity contribution is 7.18. The van der Waals surface area contributed by atoms with Gasteiger partial charge in [-0.25, -0.2) is 19.9 Å². The first-order valence-electron chi connectivity index (χ1n) is 7.39. The molecule has 4 rings (SSSR count). The van der Waals surface area contributed by atoms with Gasteiger partial charge in [0.15, 0.2) is 5.82 Å². The van der Waals surface area contributed by atoms with Gasteiger partial charge in [-0.05, 0) is 13.0 Å². The zero-order valence-electron chi connectivity index (χ0n) is 12.7. The van der Waals surface area contributed by atoms with Crippen molar-refractivity contribution in [2.24, 2.45) is 0 Å². The van der Waals surface area contributed by atoms with Crippen LogP contribution in [0.15, 0.2) is 18.5 Å². The van der Waals surface area contributed by atoms with Crippen LogP contribution in [0, 0.1) is 6.92 Å². The van der Waals surface area contributed by atoms with E-state index in [2.05, 4.69) is 32.8 Å². The van der Waals surface area contributed by atoms with Gasteiger partial charge in [-0.2, -0.15) is 0 Å². The van der Waals surface area contributed by atoms with Gasteiger partial charge in [0.25, 0.3) is 0 Å². The molecule has 0 atom stereocenters. The number of thiophene rings is 1. The Labute approximate surface area is 137 Å². The van der Waals surface area contributed by atoms with Crippen LogP contribution in [0.25, 0.3) is 21.6 Å². The van der Waals surface area contributed by atoms with E-state index in [1.54, 1.807) is 23.7 Å². The standard InChI is InChI=1S/C15H16N6OS/c1-9-6-11-13(21-2-4-22-5-3-21)19-12(20-14(11)23-9)10-7-17-15(16)18-8-10/h6-8H,2-5H2,1H3,(H2,16,17,18). The predicted octanol–water partition coefficient (Wildman–Crippen LogP) is 1.88. The SMILES string of the molecule is Cc1cc2c(N3CCOCC3)nc(-c3cnc(N)nc3)nc2s1. The molecule has 0 aromatic carbocycles. The van der Waals surface area contributed by atoms with E-state index in [1.165, 1.54) is 4.88 Å². The predicted molar refractivity (Wildman–Crippen MR) is 90.6 cm³/mol. The number of hydrogen-bond acceptors (Lipinski definition) is 8. The molecule has 1 saturated heterocycles. The number of hydrogen-bond donors (Lipinski definition) is 1. The molecule has 8 heteroatoms. The lowest BCUT2D eigenvalue weighted by Gasteiger charge is -2.28. The van der Waals surface area contributed by atoms with E-state index in [9.17, 15) is 0 Å². The average Bonchev–Trinajstić information content (AvgIpc) is 2.95. The van der Waals surface area contributed by atoms with E-state index in [-0.39, 0.29) is 5.95 Å². The summed E-state index contributed by atoms with van der Waals surface area (Å²) in [4.78, 5) is 22.0. The van der Waals surface area contributed by atoms with E-state index in [1.807, 2.05) is 0 Å². The normalized spacial score (nSPS) is 15.3. The number of nitrogen functional groups attached to an aromatic ring is 1. The number of rotatable bonds is 2. The van der Waals surface area contributed by atoms with Crippen LogP contribution >= 0.6 is 11.3 Å². The molecular weight excluding hydrogens is 312 g/mol. The molecule has 23 heavy (non-hydrogen) atoms. The summed E-state index contributed by atoms with van der Waals surface area (Å²) < 4.78 is 5.45. The number of morpholine rings is 1. The van der Waals surface area contributed by atoms with E-state index < -0.39 is 0 Å². The van der Waals surface area contributed by atoms with Crippen LogP contribution in [-0.2, 0) is 4.74 Å². The van der Waals surface area contributed by atoms with Gasteiger partial charge in [-0.3, -0.25) is 0 Å². The Balaban J connectivity index is 1.87. The van der Waals surface area contributed by atoms with E-state index in [0.717, 1.165) is 47.9 Å². The molecule has 1 aliphatic heterocycles. The zero-order valence-corrected chi connectivity index (χ0v) is 13.5. The third-order valence-corrected chi connectivity index (χ3v) is 4.68. The quantitative estimate of drug-likeness (QED) is 0.768. The molecular formula is C15H16N6OS. The van der Waals surface area contributed by atoms with Crippen molar-refractivity contribution in [3.63, 3.8) is 0 Å². The molecule has 2 N–H and O–H groups in total. The van der Waals surface area contributed by atoms with Gasteiger partial charge in [0.05, 0.1) is 24.2 Å². The maximum atomic E-state index is 5.56. The number of ether oxygens (including phenoxy) is 1. The first-order valence-corrected chi connectivity index (χ1v) is 8.21. The van der Waals surface area contributed by atoms with Crippen molar-refractivity contribution >= 4 is 33.3 Å². The van der Waals surface area contributed by atoms with Crippen molar-refractivity contribution in [2.75, 3.05) is 36.9 Å². The minimum absolute atomic E-state index is 0.246. The number of nitrogens with two attached hydrogens (primary N) is 1. The van der Waals surface area contributed by atoms with Crippen molar-refractivity contribution in [2.45, 2.75) is 6.92 Å². The van der Waals surface area contributed by atoms with Crippen LogP contribution in [0.4, 0.5) is 11.8 Å². The van der Waals surface area contributed by atoms with Crippen molar-refractivity contribution in [3.05, 3.63) is 23.3 Å². The molecule has 0 spiro atoms. The van der Waals surface area contributed by atoms with Crippen molar-refractivity contribution in [1.82, 2.24) is 19.9 Å². The van der Waals surface area contributed by atoms with Gasteiger partial charge in [-0.15, -0.1) is 11.3 Å². The fourth-order valence-electron chi connectivity index (χ4n) is 2.63. The lowest BCUT2D eigenvalue weighted by atomic mass is 10.2. The van der Waals surface area contributed by atoms with Crippen molar-refractivity contribution < 1.29 is 4.74 Å². The van der Waals surface area contributed by atoms with Crippen LogP contribution in [0.1, 0.15) is 4.88 Å². The second-order valence-corrected chi connectivity index (χ2v) is 6.61. The molecule has 0 amide bonds. The molecule has 118 valence electrons. The van der Waals surface area contributed by atoms with Gasteiger partial charge >= 0.3 is 0 Å². The van der Waals surface area contributed by atoms with Crippen LogP contribution < -0.4 is 10.6 Å². The molecule has 0 aliphatic carbocycles. The Morgan fingerprint density at radius 2 is 1.91 bits per heavy atom. The zero-order chi connectivity index (χ0) is 15.8. The third kappa shape index (κ3) is 2.71.